The molecule has 1 aliphatic rings. The number of aryl methyl sites for hydroxylation is 1. The highest BCUT2D eigenvalue weighted by Gasteiger charge is 2.23. The van der Waals surface area contributed by atoms with Gasteiger partial charge in [-0.2, -0.15) is 0 Å². The second-order valence-electron chi connectivity index (χ2n) is 9.04. The van der Waals surface area contributed by atoms with Crippen molar-refractivity contribution in [1.82, 2.24) is 9.55 Å². The van der Waals surface area contributed by atoms with E-state index in [1.165, 1.54) is 43.2 Å². The molecule has 0 spiro atoms. The van der Waals surface area contributed by atoms with Gasteiger partial charge in [-0.05, 0) is 61.1 Å². The number of hydrogen-bond donors (Lipinski definition) is 1. The Morgan fingerprint density at radius 3 is 2.60 bits per heavy atom. The fourth-order valence-electron chi connectivity index (χ4n) is 4.80. The van der Waals surface area contributed by atoms with Gasteiger partial charge in [-0.3, -0.25) is 0 Å². The third-order valence-corrected chi connectivity index (χ3v) is 6.35. The number of nitrogens with zero attached hydrogens (tertiary/aromatic N) is 2. The van der Waals surface area contributed by atoms with Crippen LogP contribution in [0.2, 0.25) is 0 Å². The van der Waals surface area contributed by atoms with Gasteiger partial charge in [0.2, 0.25) is 0 Å². The Balaban J connectivity index is 1.48. The SMILES string of the molecule is Cc1cc(OCC(O)Cn2c(C3CCCCC3)nc3ccccc32)ccc1C(C)C. The van der Waals surface area contributed by atoms with Crippen molar-refractivity contribution in [2.24, 2.45) is 0 Å². The molecule has 1 N–H and O–H groups in total. The number of para-hydroxylation sites is 2. The molecule has 4 rings (SSSR count). The van der Waals surface area contributed by atoms with Crippen LogP contribution in [0.3, 0.4) is 0 Å². The van der Waals surface area contributed by atoms with Crippen molar-refractivity contribution in [2.45, 2.75) is 77.4 Å². The first-order chi connectivity index (χ1) is 14.5. The lowest BCUT2D eigenvalue weighted by Crippen LogP contribution is -2.25. The summed E-state index contributed by atoms with van der Waals surface area (Å²) in [6.45, 7) is 7.30. The molecule has 4 nitrogen and oxygen atoms in total. The normalized spacial score (nSPS) is 16.3. The largest absolute Gasteiger partial charge is 0.491 e. The molecule has 0 saturated heterocycles. The van der Waals surface area contributed by atoms with E-state index in [2.05, 4.69) is 49.6 Å². The monoisotopic (exact) mass is 406 g/mol. The predicted molar refractivity (Wildman–Crippen MR) is 122 cm³/mol. The molecule has 1 saturated carbocycles. The lowest BCUT2D eigenvalue weighted by Gasteiger charge is -2.23. The van der Waals surface area contributed by atoms with Crippen LogP contribution >= 0.6 is 0 Å². The summed E-state index contributed by atoms with van der Waals surface area (Å²) in [5, 5.41) is 10.8. The summed E-state index contributed by atoms with van der Waals surface area (Å²) in [6.07, 6.45) is 5.66. The summed E-state index contributed by atoms with van der Waals surface area (Å²) in [4.78, 5) is 4.96. The summed E-state index contributed by atoms with van der Waals surface area (Å²) < 4.78 is 8.17. The second-order valence-corrected chi connectivity index (χ2v) is 9.04. The molecule has 3 aromatic rings. The Hall–Kier alpha value is -2.33. The first-order valence-corrected chi connectivity index (χ1v) is 11.4. The molecule has 30 heavy (non-hydrogen) atoms. The minimum atomic E-state index is -0.588. The number of hydrogen-bond acceptors (Lipinski definition) is 3. The van der Waals surface area contributed by atoms with Gasteiger partial charge in [-0.15, -0.1) is 0 Å². The van der Waals surface area contributed by atoms with Crippen molar-refractivity contribution >= 4 is 11.0 Å². The molecule has 0 bridgehead atoms. The zero-order valence-electron chi connectivity index (χ0n) is 18.5. The zero-order valence-corrected chi connectivity index (χ0v) is 18.5. The smallest absolute Gasteiger partial charge is 0.119 e. The van der Waals surface area contributed by atoms with Gasteiger partial charge in [-0.1, -0.05) is 51.3 Å². The van der Waals surface area contributed by atoms with Gasteiger partial charge in [0.1, 0.15) is 24.3 Å². The number of aliphatic hydroxyl groups excluding tert-OH is 1. The van der Waals surface area contributed by atoms with E-state index in [1.54, 1.807) is 0 Å². The number of rotatable bonds is 7. The number of benzene rings is 2. The summed E-state index contributed by atoms with van der Waals surface area (Å²) in [6, 6.07) is 14.5. The highest BCUT2D eigenvalue weighted by molar-refractivity contribution is 5.76. The van der Waals surface area contributed by atoms with E-state index in [1.807, 2.05) is 18.2 Å². The maximum Gasteiger partial charge on any atom is 0.119 e. The molecule has 2 aromatic carbocycles. The van der Waals surface area contributed by atoms with E-state index in [-0.39, 0.29) is 6.61 Å². The molecule has 1 atom stereocenters. The molecule has 160 valence electrons. The van der Waals surface area contributed by atoms with E-state index in [0.29, 0.717) is 18.4 Å². The van der Waals surface area contributed by atoms with Crippen molar-refractivity contribution in [2.75, 3.05) is 6.61 Å². The third-order valence-electron chi connectivity index (χ3n) is 6.35. The van der Waals surface area contributed by atoms with Gasteiger partial charge in [0, 0.05) is 5.92 Å². The maximum atomic E-state index is 10.8. The Bertz CT molecular complexity index is 986. The number of imidazole rings is 1. The van der Waals surface area contributed by atoms with Crippen LogP contribution < -0.4 is 4.74 Å². The predicted octanol–water partition coefficient (Wildman–Crippen LogP) is 5.96. The molecular formula is C26H34N2O2. The van der Waals surface area contributed by atoms with Gasteiger partial charge in [0.15, 0.2) is 0 Å². The Labute approximate surface area is 179 Å². The minimum Gasteiger partial charge on any atom is -0.491 e. The number of aliphatic hydroxyl groups is 1. The fraction of sp³-hybridized carbons (Fsp3) is 0.500. The van der Waals surface area contributed by atoms with E-state index in [9.17, 15) is 5.11 Å². The van der Waals surface area contributed by atoms with Crippen LogP contribution in [0, 0.1) is 6.92 Å². The summed E-state index contributed by atoms with van der Waals surface area (Å²) in [5.41, 5.74) is 4.70. The van der Waals surface area contributed by atoms with Crippen LogP contribution in [-0.2, 0) is 6.54 Å². The standard InChI is InChI=1S/C26H34N2O2/c1-18(2)23-14-13-22(15-19(23)3)30-17-21(29)16-28-25-12-8-7-11-24(25)27-26(28)20-9-5-4-6-10-20/h7-8,11-15,18,20-21,29H,4-6,9-10,16-17H2,1-3H3. The van der Waals surface area contributed by atoms with Crippen molar-refractivity contribution in [3.8, 4) is 5.75 Å². The third kappa shape index (κ3) is 4.54. The van der Waals surface area contributed by atoms with E-state index in [4.69, 9.17) is 9.72 Å². The van der Waals surface area contributed by atoms with Gasteiger partial charge in [0.25, 0.3) is 0 Å². The molecule has 1 unspecified atom stereocenters. The van der Waals surface area contributed by atoms with Crippen molar-refractivity contribution in [1.29, 1.82) is 0 Å². The summed E-state index contributed by atoms with van der Waals surface area (Å²) in [7, 11) is 0. The van der Waals surface area contributed by atoms with Crippen LogP contribution in [0.15, 0.2) is 42.5 Å². The summed E-state index contributed by atoms with van der Waals surface area (Å²) >= 11 is 0. The van der Waals surface area contributed by atoms with Gasteiger partial charge >= 0.3 is 0 Å². The van der Waals surface area contributed by atoms with Crippen LogP contribution in [0.4, 0.5) is 0 Å². The van der Waals surface area contributed by atoms with Crippen molar-refractivity contribution in [3.63, 3.8) is 0 Å². The van der Waals surface area contributed by atoms with Gasteiger partial charge in [-0.25, -0.2) is 4.98 Å². The van der Waals surface area contributed by atoms with E-state index in [0.717, 1.165) is 22.6 Å². The van der Waals surface area contributed by atoms with E-state index >= 15 is 0 Å². The molecule has 1 aromatic heterocycles. The molecule has 1 heterocycles. The molecule has 1 aliphatic carbocycles. The molecule has 0 radical (unpaired) electrons. The lowest BCUT2D eigenvalue weighted by molar-refractivity contribution is 0.0921. The van der Waals surface area contributed by atoms with Crippen molar-refractivity contribution < 1.29 is 9.84 Å². The first-order valence-electron chi connectivity index (χ1n) is 11.4. The van der Waals surface area contributed by atoms with Crippen LogP contribution in [0.5, 0.6) is 5.75 Å². The molecule has 1 fully saturated rings. The topological polar surface area (TPSA) is 47.3 Å². The molecule has 0 amide bonds. The number of ether oxygens (including phenoxy) is 1. The molecule has 4 heteroatoms. The van der Waals surface area contributed by atoms with Gasteiger partial charge in [0.05, 0.1) is 17.6 Å². The zero-order chi connectivity index (χ0) is 21.1. The fourth-order valence-corrected chi connectivity index (χ4v) is 4.80. The van der Waals surface area contributed by atoms with Crippen molar-refractivity contribution in [3.05, 3.63) is 59.4 Å². The number of fused-ring (bicyclic) bond motifs is 1. The highest BCUT2D eigenvalue weighted by atomic mass is 16.5. The lowest BCUT2D eigenvalue weighted by atomic mass is 9.88. The average molecular weight is 407 g/mol. The van der Waals surface area contributed by atoms with Gasteiger partial charge < -0.3 is 14.4 Å². The van der Waals surface area contributed by atoms with Crippen LogP contribution in [0.1, 0.15) is 74.7 Å². The Morgan fingerprint density at radius 1 is 1.10 bits per heavy atom. The molecular weight excluding hydrogens is 372 g/mol. The quantitative estimate of drug-likeness (QED) is 0.527. The highest BCUT2D eigenvalue weighted by Crippen LogP contribution is 2.34. The second kappa shape index (κ2) is 9.22. The van der Waals surface area contributed by atoms with E-state index < -0.39 is 6.10 Å². The average Bonchev–Trinajstić information content (AvgIpc) is 3.11. The maximum absolute atomic E-state index is 10.8. The van der Waals surface area contributed by atoms with Crippen LogP contribution in [-0.4, -0.2) is 27.4 Å². The van der Waals surface area contributed by atoms with Crippen LogP contribution in [0.25, 0.3) is 11.0 Å². The Morgan fingerprint density at radius 2 is 1.87 bits per heavy atom. The summed E-state index contributed by atoms with van der Waals surface area (Å²) in [5.74, 6) is 2.94. The minimum absolute atomic E-state index is 0.275. The Kier molecular flexibility index (Phi) is 6.43. The first kappa shape index (κ1) is 20.9. The number of aromatic nitrogens is 2. The molecule has 0 aliphatic heterocycles.